The molecule has 0 aliphatic heterocycles. The Hall–Kier alpha value is -1.68. The van der Waals surface area contributed by atoms with Crippen LogP contribution in [0.15, 0.2) is 6.20 Å². The van der Waals surface area contributed by atoms with Crippen LogP contribution in [0.3, 0.4) is 0 Å². The highest BCUT2D eigenvalue weighted by atomic mass is 19.4. The molecule has 1 amide bonds. The lowest BCUT2D eigenvalue weighted by molar-refractivity contribution is -0.208. The molecule has 10 heteroatoms. The molecule has 7 nitrogen and oxygen atoms in total. The second-order valence-corrected chi connectivity index (χ2v) is 3.47. The third kappa shape index (κ3) is 4.30. The highest BCUT2D eigenvalue weighted by Crippen LogP contribution is 2.20. The number of aromatic nitrogens is 3. The van der Waals surface area contributed by atoms with Crippen molar-refractivity contribution in [2.75, 3.05) is 6.54 Å². The lowest BCUT2D eigenvalue weighted by Gasteiger charge is -2.13. The molecule has 102 valence electrons. The molecular weight excluding hydrogens is 255 g/mol. The molecule has 4 N–H and O–H groups in total. The average molecular weight is 267 g/mol. The van der Waals surface area contributed by atoms with Gasteiger partial charge in [0, 0.05) is 0 Å². The van der Waals surface area contributed by atoms with Crippen molar-refractivity contribution in [1.29, 1.82) is 0 Å². The van der Waals surface area contributed by atoms with Crippen LogP contribution in [0, 0.1) is 0 Å². The summed E-state index contributed by atoms with van der Waals surface area (Å²) in [5, 5.41) is 18.1. The van der Waals surface area contributed by atoms with Crippen molar-refractivity contribution in [1.82, 2.24) is 20.3 Å². The minimum atomic E-state index is -4.71. The van der Waals surface area contributed by atoms with Crippen molar-refractivity contribution >= 4 is 5.91 Å². The average Bonchev–Trinajstić information content (AvgIpc) is 2.72. The summed E-state index contributed by atoms with van der Waals surface area (Å²) in [7, 11) is 0. The molecule has 1 aromatic rings. The van der Waals surface area contributed by atoms with E-state index in [0.717, 1.165) is 4.68 Å². The minimum Gasteiger partial charge on any atom is -0.382 e. The van der Waals surface area contributed by atoms with Crippen LogP contribution in [-0.2, 0) is 17.9 Å². The number of carbonyl (C=O) groups is 1. The van der Waals surface area contributed by atoms with E-state index >= 15 is 0 Å². The second-order valence-electron chi connectivity index (χ2n) is 3.47. The van der Waals surface area contributed by atoms with E-state index < -0.39 is 24.7 Å². The molecule has 18 heavy (non-hydrogen) atoms. The number of alkyl halides is 3. The van der Waals surface area contributed by atoms with Gasteiger partial charge in [-0.05, 0) is 0 Å². The van der Waals surface area contributed by atoms with Gasteiger partial charge in [0.05, 0.1) is 25.8 Å². The van der Waals surface area contributed by atoms with Crippen molar-refractivity contribution in [2.45, 2.75) is 25.4 Å². The number of hydrogen-bond donors (Lipinski definition) is 3. The van der Waals surface area contributed by atoms with E-state index in [-0.39, 0.29) is 18.8 Å². The summed E-state index contributed by atoms with van der Waals surface area (Å²) in [6, 6.07) is 0. The molecule has 0 bridgehead atoms. The first-order chi connectivity index (χ1) is 8.32. The van der Waals surface area contributed by atoms with Gasteiger partial charge in [-0.3, -0.25) is 4.79 Å². The van der Waals surface area contributed by atoms with E-state index in [1.807, 2.05) is 0 Å². The number of nitrogens with zero attached hydrogens (tertiary/aromatic N) is 3. The molecule has 1 atom stereocenters. The molecule has 0 radical (unpaired) electrons. The Kier molecular flexibility index (Phi) is 4.62. The molecule has 0 aromatic carbocycles. The first-order valence-electron chi connectivity index (χ1n) is 4.93. The predicted octanol–water partition coefficient (Wildman–Crippen LogP) is -1.22. The lowest BCUT2D eigenvalue weighted by atomic mass is 10.3. The Morgan fingerprint density at radius 2 is 2.28 bits per heavy atom. The second kappa shape index (κ2) is 5.78. The highest BCUT2D eigenvalue weighted by molar-refractivity contribution is 5.77. The van der Waals surface area contributed by atoms with E-state index in [1.165, 1.54) is 6.20 Å². The van der Waals surface area contributed by atoms with Gasteiger partial charge in [0.2, 0.25) is 5.91 Å². The molecular formula is C8H12F3N5O2. The van der Waals surface area contributed by atoms with Crippen LogP contribution < -0.4 is 11.1 Å². The molecule has 0 fully saturated rings. The van der Waals surface area contributed by atoms with Crippen molar-refractivity contribution in [3.05, 3.63) is 11.9 Å². The summed E-state index contributed by atoms with van der Waals surface area (Å²) in [6.07, 6.45) is -6.02. The quantitative estimate of drug-likeness (QED) is 0.620. The Balaban J connectivity index is 2.51. The maximum atomic E-state index is 12.1. The highest BCUT2D eigenvalue weighted by Gasteiger charge is 2.38. The molecule has 1 heterocycles. The normalized spacial score (nSPS) is 13.4. The van der Waals surface area contributed by atoms with Gasteiger partial charge in [-0.1, -0.05) is 5.21 Å². The SMILES string of the molecule is NCC(=O)NCc1cn(CC(O)C(F)(F)F)nn1. The Morgan fingerprint density at radius 1 is 1.61 bits per heavy atom. The van der Waals surface area contributed by atoms with Gasteiger partial charge in [-0.25, -0.2) is 4.68 Å². The van der Waals surface area contributed by atoms with E-state index in [4.69, 9.17) is 10.8 Å². The summed E-state index contributed by atoms with van der Waals surface area (Å²) in [4.78, 5) is 10.8. The van der Waals surface area contributed by atoms with Gasteiger partial charge in [0.15, 0.2) is 6.10 Å². The first-order valence-corrected chi connectivity index (χ1v) is 4.93. The Bertz CT molecular complexity index is 406. The van der Waals surface area contributed by atoms with Crippen LogP contribution in [0.1, 0.15) is 5.69 Å². The zero-order chi connectivity index (χ0) is 13.8. The van der Waals surface area contributed by atoms with E-state index in [9.17, 15) is 18.0 Å². The monoisotopic (exact) mass is 267 g/mol. The smallest absolute Gasteiger partial charge is 0.382 e. The molecule has 0 saturated carbocycles. The number of aliphatic hydroxyl groups excluding tert-OH is 1. The van der Waals surface area contributed by atoms with Crippen molar-refractivity contribution in [3.63, 3.8) is 0 Å². The number of rotatable bonds is 5. The third-order valence-corrected chi connectivity index (χ3v) is 1.98. The first kappa shape index (κ1) is 14.4. The zero-order valence-corrected chi connectivity index (χ0v) is 9.18. The lowest BCUT2D eigenvalue weighted by Crippen LogP contribution is -2.33. The summed E-state index contributed by atoms with van der Waals surface area (Å²) in [5.41, 5.74) is 5.31. The molecule has 0 spiro atoms. The number of nitrogens with one attached hydrogen (secondary N) is 1. The topological polar surface area (TPSA) is 106 Å². The summed E-state index contributed by atoms with van der Waals surface area (Å²) in [5.74, 6) is -0.417. The Morgan fingerprint density at radius 3 is 2.83 bits per heavy atom. The van der Waals surface area contributed by atoms with Gasteiger partial charge in [0.1, 0.15) is 5.69 Å². The molecule has 1 rings (SSSR count). The predicted molar refractivity (Wildman–Crippen MR) is 53.0 cm³/mol. The summed E-state index contributed by atoms with van der Waals surface area (Å²) >= 11 is 0. The number of halogens is 3. The maximum absolute atomic E-state index is 12.1. The van der Waals surface area contributed by atoms with Crippen LogP contribution in [-0.4, -0.2) is 44.8 Å². The van der Waals surface area contributed by atoms with Gasteiger partial charge in [-0.15, -0.1) is 5.10 Å². The minimum absolute atomic E-state index is 0.0121. The van der Waals surface area contributed by atoms with Gasteiger partial charge in [-0.2, -0.15) is 13.2 Å². The molecule has 0 saturated heterocycles. The fourth-order valence-electron chi connectivity index (χ4n) is 1.05. The number of amides is 1. The molecule has 0 aliphatic carbocycles. The standard InChI is InChI=1S/C8H12F3N5O2/c9-8(10,11)6(17)4-16-3-5(14-15-16)2-13-7(18)1-12/h3,6,17H,1-2,4,12H2,(H,13,18). The van der Waals surface area contributed by atoms with Crippen molar-refractivity contribution < 1.29 is 23.1 Å². The fraction of sp³-hybridized carbons (Fsp3) is 0.625. The van der Waals surface area contributed by atoms with Gasteiger partial charge < -0.3 is 16.2 Å². The van der Waals surface area contributed by atoms with Crippen LogP contribution in [0.5, 0.6) is 0 Å². The van der Waals surface area contributed by atoms with E-state index in [1.54, 1.807) is 0 Å². The number of hydrogen-bond acceptors (Lipinski definition) is 5. The molecule has 1 aromatic heterocycles. The summed E-state index contributed by atoms with van der Waals surface area (Å²) < 4.78 is 37.0. The number of nitrogens with two attached hydrogens (primary N) is 1. The summed E-state index contributed by atoms with van der Waals surface area (Å²) in [6.45, 7) is -0.930. The number of carbonyl (C=O) groups excluding carboxylic acids is 1. The maximum Gasteiger partial charge on any atom is 0.416 e. The molecule has 1 unspecified atom stereocenters. The fourth-order valence-corrected chi connectivity index (χ4v) is 1.05. The zero-order valence-electron chi connectivity index (χ0n) is 9.18. The Labute approximate surface area is 99.8 Å². The third-order valence-electron chi connectivity index (χ3n) is 1.98. The van der Waals surface area contributed by atoms with Crippen molar-refractivity contribution in [3.8, 4) is 0 Å². The number of aliphatic hydroxyl groups is 1. The van der Waals surface area contributed by atoms with Crippen LogP contribution >= 0.6 is 0 Å². The molecule has 0 aliphatic rings. The van der Waals surface area contributed by atoms with Gasteiger partial charge in [0.25, 0.3) is 0 Å². The largest absolute Gasteiger partial charge is 0.416 e. The van der Waals surface area contributed by atoms with Crippen LogP contribution in [0.4, 0.5) is 13.2 Å². The van der Waals surface area contributed by atoms with E-state index in [2.05, 4.69) is 15.6 Å². The van der Waals surface area contributed by atoms with E-state index in [0.29, 0.717) is 0 Å². The van der Waals surface area contributed by atoms with Crippen LogP contribution in [0.2, 0.25) is 0 Å². The van der Waals surface area contributed by atoms with Crippen molar-refractivity contribution in [2.24, 2.45) is 5.73 Å². The van der Waals surface area contributed by atoms with Gasteiger partial charge >= 0.3 is 6.18 Å². The van der Waals surface area contributed by atoms with Crippen LogP contribution in [0.25, 0.3) is 0 Å².